The molecule has 0 spiro atoms. The van der Waals surface area contributed by atoms with Gasteiger partial charge in [-0.3, -0.25) is 9.59 Å². The monoisotopic (exact) mass is 413 g/mol. The van der Waals surface area contributed by atoms with Crippen molar-refractivity contribution in [1.29, 1.82) is 0 Å². The van der Waals surface area contributed by atoms with E-state index in [1.165, 1.54) is 27.2 Å². The van der Waals surface area contributed by atoms with E-state index in [0.29, 0.717) is 10.7 Å². The van der Waals surface area contributed by atoms with Crippen LogP contribution >= 0.6 is 11.6 Å². The number of benzene rings is 3. The second kappa shape index (κ2) is 6.05. The zero-order chi connectivity index (χ0) is 20.6. The number of carbonyl (C=O) groups excluding carboxylic acids is 2. The van der Waals surface area contributed by atoms with Crippen LogP contribution in [0, 0.1) is 11.8 Å². The van der Waals surface area contributed by atoms with Gasteiger partial charge in [0.05, 0.1) is 17.5 Å². The minimum Gasteiger partial charge on any atom is -0.274 e. The molecule has 2 amide bonds. The summed E-state index contributed by atoms with van der Waals surface area (Å²) in [5.41, 5.74) is 4.85. The summed E-state index contributed by atoms with van der Waals surface area (Å²) in [5, 5.41) is 0.516. The number of hydrogen-bond acceptors (Lipinski definition) is 2. The number of hydrogen-bond donors (Lipinski definition) is 0. The number of anilines is 1. The van der Waals surface area contributed by atoms with Gasteiger partial charge in [0, 0.05) is 16.4 Å². The second-order valence-corrected chi connectivity index (χ2v) is 8.91. The quantitative estimate of drug-likeness (QED) is 0.534. The molecule has 0 radical (unpaired) electrons. The van der Waals surface area contributed by atoms with E-state index in [2.05, 4.69) is 31.2 Å². The van der Waals surface area contributed by atoms with Gasteiger partial charge in [-0.2, -0.15) is 0 Å². The maximum Gasteiger partial charge on any atom is 0.238 e. The van der Waals surface area contributed by atoms with Crippen LogP contribution in [0.4, 0.5) is 5.69 Å². The molecule has 3 aromatic carbocycles. The minimum absolute atomic E-state index is 0.101. The van der Waals surface area contributed by atoms with Crippen LogP contribution in [0.25, 0.3) is 0 Å². The van der Waals surface area contributed by atoms with Crippen molar-refractivity contribution in [3.05, 3.63) is 100 Å². The van der Waals surface area contributed by atoms with Gasteiger partial charge in [0.1, 0.15) is 0 Å². The number of carbonyl (C=O) groups is 2. The van der Waals surface area contributed by atoms with Crippen LogP contribution < -0.4 is 4.90 Å². The summed E-state index contributed by atoms with van der Waals surface area (Å²) in [6, 6.07) is 23.8. The highest BCUT2D eigenvalue weighted by Gasteiger charge is 2.67. The lowest BCUT2D eigenvalue weighted by atomic mass is 9.46. The normalized spacial score (nSPS) is 28.3. The van der Waals surface area contributed by atoms with Crippen molar-refractivity contribution in [3.63, 3.8) is 0 Å². The molecule has 0 saturated carbocycles. The Labute approximate surface area is 180 Å². The highest BCUT2D eigenvalue weighted by Crippen LogP contribution is 2.65. The van der Waals surface area contributed by atoms with Gasteiger partial charge < -0.3 is 0 Å². The predicted molar refractivity (Wildman–Crippen MR) is 117 cm³/mol. The van der Waals surface area contributed by atoms with E-state index in [-0.39, 0.29) is 23.7 Å². The Bertz CT molecular complexity index is 1190. The number of imide groups is 1. The summed E-state index contributed by atoms with van der Waals surface area (Å²) in [6.45, 7) is 2.13. The largest absolute Gasteiger partial charge is 0.274 e. The lowest BCUT2D eigenvalue weighted by Gasteiger charge is -2.54. The Kier molecular flexibility index (Phi) is 3.61. The number of rotatable bonds is 2. The molecule has 2 bridgehead atoms. The van der Waals surface area contributed by atoms with Crippen LogP contribution in [-0.2, 0) is 15.0 Å². The predicted octanol–water partition coefficient (Wildman–Crippen LogP) is 5.30. The molecular weight excluding hydrogens is 394 g/mol. The van der Waals surface area contributed by atoms with Crippen LogP contribution in [0.3, 0.4) is 0 Å². The van der Waals surface area contributed by atoms with Crippen LogP contribution in [-0.4, -0.2) is 11.8 Å². The SMILES string of the molecule is CCC12c3ccccc3C(c3ccccc31)[C@H]1C(=O)N(c3cccc(Cl)c3)C(=O)[C@H]12. The molecule has 0 aromatic heterocycles. The van der Waals surface area contributed by atoms with E-state index in [0.717, 1.165) is 6.42 Å². The van der Waals surface area contributed by atoms with Crippen molar-refractivity contribution in [3.8, 4) is 0 Å². The highest BCUT2D eigenvalue weighted by molar-refractivity contribution is 6.31. The first-order valence-corrected chi connectivity index (χ1v) is 10.8. The van der Waals surface area contributed by atoms with E-state index in [4.69, 9.17) is 11.6 Å². The number of amides is 2. The van der Waals surface area contributed by atoms with Gasteiger partial charge in [0.25, 0.3) is 0 Å². The third kappa shape index (κ3) is 1.96. The van der Waals surface area contributed by atoms with Crippen molar-refractivity contribution in [2.45, 2.75) is 24.7 Å². The van der Waals surface area contributed by atoms with Crippen LogP contribution in [0.2, 0.25) is 5.02 Å². The third-order valence-corrected chi connectivity index (χ3v) is 7.65. The zero-order valence-electron chi connectivity index (χ0n) is 16.5. The maximum atomic E-state index is 13.9. The lowest BCUT2D eigenvalue weighted by Crippen LogP contribution is -2.53. The fourth-order valence-electron chi connectivity index (χ4n) is 6.40. The van der Waals surface area contributed by atoms with Gasteiger partial charge in [0.2, 0.25) is 11.8 Å². The zero-order valence-corrected chi connectivity index (χ0v) is 17.3. The Hall–Kier alpha value is -2.91. The molecule has 4 heteroatoms. The van der Waals surface area contributed by atoms with Crippen molar-refractivity contribution in [2.75, 3.05) is 4.90 Å². The van der Waals surface area contributed by atoms with E-state index in [1.54, 1.807) is 24.3 Å². The Balaban J connectivity index is 1.65. The van der Waals surface area contributed by atoms with Gasteiger partial charge in [0.15, 0.2) is 0 Å². The van der Waals surface area contributed by atoms with Crippen LogP contribution in [0.1, 0.15) is 41.5 Å². The van der Waals surface area contributed by atoms with Crippen molar-refractivity contribution < 1.29 is 9.59 Å². The van der Waals surface area contributed by atoms with E-state index in [9.17, 15) is 9.59 Å². The molecule has 7 rings (SSSR count). The van der Waals surface area contributed by atoms with Crippen molar-refractivity contribution in [1.82, 2.24) is 0 Å². The first-order valence-electron chi connectivity index (χ1n) is 10.4. The smallest absolute Gasteiger partial charge is 0.238 e. The van der Waals surface area contributed by atoms with Crippen molar-refractivity contribution in [2.24, 2.45) is 11.8 Å². The first-order chi connectivity index (χ1) is 14.6. The van der Waals surface area contributed by atoms with E-state index in [1.807, 2.05) is 24.3 Å². The topological polar surface area (TPSA) is 37.4 Å². The number of halogens is 1. The molecule has 2 atom stereocenters. The molecule has 3 aliphatic carbocycles. The lowest BCUT2D eigenvalue weighted by molar-refractivity contribution is -0.123. The Morgan fingerprint density at radius 3 is 2.10 bits per heavy atom. The van der Waals surface area contributed by atoms with Crippen molar-refractivity contribution >= 4 is 29.1 Å². The average Bonchev–Trinajstić information content (AvgIpc) is 3.05. The summed E-state index contributed by atoms with van der Waals surface area (Å²) in [7, 11) is 0. The number of nitrogens with zero attached hydrogens (tertiary/aromatic N) is 1. The molecule has 0 unspecified atom stereocenters. The maximum absolute atomic E-state index is 13.9. The molecule has 0 N–H and O–H groups in total. The Morgan fingerprint density at radius 2 is 1.50 bits per heavy atom. The molecule has 3 aromatic rings. The average molecular weight is 414 g/mol. The molecule has 148 valence electrons. The van der Waals surface area contributed by atoms with Gasteiger partial charge >= 0.3 is 0 Å². The van der Waals surface area contributed by atoms with Gasteiger partial charge in [-0.05, 0) is 46.9 Å². The van der Waals surface area contributed by atoms with Gasteiger partial charge in [-0.25, -0.2) is 4.90 Å². The molecule has 1 heterocycles. The molecule has 3 nitrogen and oxygen atoms in total. The van der Waals surface area contributed by atoms with Gasteiger partial charge in [-0.1, -0.05) is 73.1 Å². The fourth-order valence-corrected chi connectivity index (χ4v) is 6.58. The molecule has 1 aliphatic heterocycles. The standard InChI is InChI=1S/C26H20ClNO2/c1-2-26-19-12-5-3-10-17(19)21(18-11-4-6-13-20(18)26)22-23(26)25(30)28(24(22)29)16-9-7-8-15(27)14-16/h3-14,21-23H,2H2,1H3/t21?,22-,23+,26?/m1/s1. The van der Waals surface area contributed by atoms with Crippen LogP contribution in [0.5, 0.6) is 0 Å². The molecule has 1 saturated heterocycles. The molecule has 1 fully saturated rings. The summed E-state index contributed by atoms with van der Waals surface area (Å²) >= 11 is 6.19. The first kappa shape index (κ1) is 17.9. The third-order valence-electron chi connectivity index (χ3n) is 7.42. The van der Waals surface area contributed by atoms with E-state index < -0.39 is 11.3 Å². The summed E-state index contributed by atoms with van der Waals surface area (Å²) < 4.78 is 0. The molecule has 4 aliphatic rings. The van der Waals surface area contributed by atoms with Crippen LogP contribution in [0.15, 0.2) is 72.8 Å². The molecule has 30 heavy (non-hydrogen) atoms. The van der Waals surface area contributed by atoms with E-state index >= 15 is 0 Å². The fraction of sp³-hybridized carbons (Fsp3) is 0.231. The Morgan fingerprint density at radius 1 is 0.867 bits per heavy atom. The summed E-state index contributed by atoms with van der Waals surface area (Å²) in [5.74, 6) is -1.11. The minimum atomic E-state index is -0.493. The van der Waals surface area contributed by atoms with Gasteiger partial charge in [-0.15, -0.1) is 0 Å². The summed E-state index contributed by atoms with van der Waals surface area (Å²) in [4.78, 5) is 29.1. The highest BCUT2D eigenvalue weighted by atomic mass is 35.5. The second-order valence-electron chi connectivity index (χ2n) is 8.47. The molecular formula is C26H20ClNO2. The summed E-state index contributed by atoms with van der Waals surface area (Å²) in [6.07, 6.45) is 0.761.